The molecule has 0 bridgehead atoms. The third kappa shape index (κ3) is 2.33. The maximum absolute atomic E-state index is 11.7. The van der Waals surface area contributed by atoms with Crippen molar-refractivity contribution >= 4 is 16.9 Å². The van der Waals surface area contributed by atoms with E-state index in [1.54, 1.807) is 0 Å². The van der Waals surface area contributed by atoms with Crippen LogP contribution in [-0.4, -0.2) is 28.0 Å². The van der Waals surface area contributed by atoms with Gasteiger partial charge in [-0.1, -0.05) is 12.1 Å². The highest BCUT2D eigenvalue weighted by Gasteiger charge is 2.21. The summed E-state index contributed by atoms with van der Waals surface area (Å²) in [5, 5.41) is 6.17. The van der Waals surface area contributed by atoms with Gasteiger partial charge in [-0.15, -0.1) is 0 Å². The van der Waals surface area contributed by atoms with Gasteiger partial charge in [0.05, 0.1) is 23.6 Å². The molecule has 1 aromatic carbocycles. The molecule has 3 rings (SSSR count). The first-order valence-corrected chi connectivity index (χ1v) is 6.67. The molecule has 5 heteroatoms. The van der Waals surface area contributed by atoms with Crippen LogP contribution >= 0.6 is 0 Å². The molecule has 1 amide bonds. The van der Waals surface area contributed by atoms with Gasteiger partial charge in [-0.3, -0.25) is 10.1 Å². The summed E-state index contributed by atoms with van der Waals surface area (Å²) >= 11 is 0. The van der Waals surface area contributed by atoms with Crippen molar-refractivity contribution in [3.63, 3.8) is 0 Å². The van der Waals surface area contributed by atoms with E-state index >= 15 is 0 Å². The van der Waals surface area contributed by atoms with E-state index in [1.807, 2.05) is 25.2 Å². The second-order valence-corrected chi connectivity index (χ2v) is 4.94. The van der Waals surface area contributed by atoms with Crippen LogP contribution in [-0.2, 0) is 18.4 Å². The van der Waals surface area contributed by atoms with Gasteiger partial charge in [-0.2, -0.15) is 0 Å². The van der Waals surface area contributed by atoms with E-state index in [0.29, 0.717) is 6.54 Å². The van der Waals surface area contributed by atoms with Crippen molar-refractivity contribution in [1.82, 2.24) is 20.2 Å². The Kier molecular flexibility index (Phi) is 3.21. The summed E-state index contributed by atoms with van der Waals surface area (Å²) in [6, 6.07) is 7.97. The van der Waals surface area contributed by atoms with Crippen molar-refractivity contribution in [3.05, 3.63) is 30.1 Å². The summed E-state index contributed by atoms with van der Waals surface area (Å²) in [6.07, 6.45) is 1.93. The van der Waals surface area contributed by atoms with Crippen molar-refractivity contribution in [3.8, 4) is 0 Å². The maximum Gasteiger partial charge on any atom is 0.237 e. The molecule has 100 valence electrons. The van der Waals surface area contributed by atoms with Gasteiger partial charge < -0.3 is 9.88 Å². The summed E-state index contributed by atoms with van der Waals surface area (Å²) in [5.74, 6) is 1.06. The van der Waals surface area contributed by atoms with Gasteiger partial charge in [0.25, 0.3) is 0 Å². The number of rotatable bonds is 3. The number of nitrogens with one attached hydrogen (secondary N) is 2. The van der Waals surface area contributed by atoms with E-state index in [0.717, 1.165) is 36.2 Å². The monoisotopic (exact) mass is 258 g/mol. The fourth-order valence-electron chi connectivity index (χ4n) is 2.53. The predicted octanol–water partition coefficient (Wildman–Crippen LogP) is 0.941. The Hall–Kier alpha value is -1.88. The number of benzene rings is 1. The number of aromatic nitrogens is 2. The maximum atomic E-state index is 11.7. The second-order valence-electron chi connectivity index (χ2n) is 4.94. The number of fused-ring (bicyclic) bond motifs is 1. The van der Waals surface area contributed by atoms with Crippen LogP contribution in [0.3, 0.4) is 0 Å². The lowest BCUT2D eigenvalue weighted by molar-refractivity contribution is -0.124. The molecule has 1 fully saturated rings. The van der Waals surface area contributed by atoms with E-state index in [2.05, 4.69) is 26.3 Å². The fraction of sp³-hybridized carbons (Fsp3) is 0.429. The van der Waals surface area contributed by atoms with Crippen LogP contribution in [0, 0.1) is 0 Å². The van der Waals surface area contributed by atoms with Gasteiger partial charge in [0.2, 0.25) is 5.91 Å². The van der Waals surface area contributed by atoms with Crippen LogP contribution < -0.4 is 10.6 Å². The van der Waals surface area contributed by atoms with Gasteiger partial charge in [0.1, 0.15) is 5.82 Å². The third-order valence-electron chi connectivity index (χ3n) is 3.67. The molecule has 1 aromatic heterocycles. The van der Waals surface area contributed by atoms with Crippen molar-refractivity contribution < 1.29 is 4.79 Å². The van der Waals surface area contributed by atoms with E-state index in [4.69, 9.17) is 0 Å². The van der Waals surface area contributed by atoms with E-state index in [1.165, 1.54) is 0 Å². The molecule has 2 aromatic rings. The normalized spacial score (nSPS) is 19.6. The molecule has 19 heavy (non-hydrogen) atoms. The summed E-state index contributed by atoms with van der Waals surface area (Å²) in [4.78, 5) is 16.3. The minimum Gasteiger partial charge on any atom is -0.355 e. The Morgan fingerprint density at radius 1 is 1.47 bits per heavy atom. The highest BCUT2D eigenvalue weighted by molar-refractivity contribution is 5.82. The van der Waals surface area contributed by atoms with Crippen molar-refractivity contribution in [1.29, 1.82) is 0 Å². The molecule has 2 N–H and O–H groups in total. The second kappa shape index (κ2) is 5.01. The molecule has 1 atom stereocenters. The number of hydrogen-bond donors (Lipinski definition) is 2. The SMILES string of the molecule is Cn1c(CNC2CCCNC2=O)nc2ccccc21. The standard InChI is InChI=1S/C14H18N4O/c1-18-12-7-3-2-5-10(12)17-13(18)9-16-11-6-4-8-15-14(11)19/h2-3,5,7,11,16H,4,6,8-9H2,1H3,(H,15,19). The third-order valence-corrected chi connectivity index (χ3v) is 3.67. The van der Waals surface area contributed by atoms with Crippen molar-refractivity contribution in [2.24, 2.45) is 7.05 Å². The number of nitrogens with zero attached hydrogens (tertiary/aromatic N) is 2. The summed E-state index contributed by atoms with van der Waals surface area (Å²) in [5.41, 5.74) is 2.11. The molecule has 1 unspecified atom stereocenters. The summed E-state index contributed by atoms with van der Waals surface area (Å²) in [6.45, 7) is 1.41. The Labute approximate surface area is 112 Å². The number of imidazole rings is 1. The lowest BCUT2D eigenvalue weighted by Gasteiger charge is -2.22. The number of carbonyl (C=O) groups excluding carboxylic acids is 1. The topological polar surface area (TPSA) is 59.0 Å². The zero-order chi connectivity index (χ0) is 13.2. The van der Waals surface area contributed by atoms with E-state index in [-0.39, 0.29) is 11.9 Å². The van der Waals surface area contributed by atoms with Gasteiger partial charge in [-0.25, -0.2) is 4.98 Å². The first-order valence-electron chi connectivity index (χ1n) is 6.67. The van der Waals surface area contributed by atoms with E-state index < -0.39 is 0 Å². The number of hydrogen-bond acceptors (Lipinski definition) is 3. The number of carbonyl (C=O) groups is 1. The molecular weight excluding hydrogens is 240 g/mol. The van der Waals surface area contributed by atoms with Gasteiger partial charge in [0, 0.05) is 13.6 Å². The molecule has 5 nitrogen and oxygen atoms in total. The number of piperidine rings is 1. The van der Waals surface area contributed by atoms with Crippen LogP contribution in [0.4, 0.5) is 0 Å². The summed E-state index contributed by atoms with van der Waals surface area (Å²) < 4.78 is 2.07. The summed E-state index contributed by atoms with van der Waals surface area (Å²) in [7, 11) is 2.01. The average Bonchev–Trinajstić information content (AvgIpc) is 2.75. The molecule has 0 radical (unpaired) electrons. The minimum absolute atomic E-state index is 0.0893. The number of para-hydroxylation sites is 2. The Morgan fingerprint density at radius 3 is 3.11 bits per heavy atom. The molecule has 0 saturated carbocycles. The van der Waals surface area contributed by atoms with Gasteiger partial charge >= 0.3 is 0 Å². The minimum atomic E-state index is -0.0893. The average molecular weight is 258 g/mol. The largest absolute Gasteiger partial charge is 0.355 e. The Balaban J connectivity index is 1.74. The van der Waals surface area contributed by atoms with Crippen LogP contribution in [0.5, 0.6) is 0 Å². The zero-order valence-corrected chi connectivity index (χ0v) is 11.0. The molecule has 1 aliphatic heterocycles. The number of amides is 1. The zero-order valence-electron chi connectivity index (χ0n) is 11.0. The van der Waals surface area contributed by atoms with E-state index in [9.17, 15) is 4.79 Å². The smallest absolute Gasteiger partial charge is 0.237 e. The molecule has 0 aliphatic carbocycles. The van der Waals surface area contributed by atoms with Crippen molar-refractivity contribution in [2.75, 3.05) is 6.54 Å². The first kappa shape index (κ1) is 12.2. The lowest BCUT2D eigenvalue weighted by atomic mass is 10.1. The molecule has 2 heterocycles. The van der Waals surface area contributed by atoms with Crippen LogP contribution in [0.2, 0.25) is 0 Å². The quantitative estimate of drug-likeness (QED) is 0.861. The molecule has 1 saturated heterocycles. The van der Waals surface area contributed by atoms with Crippen molar-refractivity contribution in [2.45, 2.75) is 25.4 Å². The molecule has 0 spiro atoms. The highest BCUT2D eigenvalue weighted by atomic mass is 16.2. The van der Waals surface area contributed by atoms with Gasteiger partial charge in [0.15, 0.2) is 0 Å². The Bertz CT molecular complexity index is 605. The predicted molar refractivity (Wildman–Crippen MR) is 73.6 cm³/mol. The first-order chi connectivity index (χ1) is 9.25. The van der Waals surface area contributed by atoms with Crippen LogP contribution in [0.25, 0.3) is 11.0 Å². The fourth-order valence-corrected chi connectivity index (χ4v) is 2.53. The highest BCUT2D eigenvalue weighted by Crippen LogP contribution is 2.14. The number of aryl methyl sites for hydroxylation is 1. The van der Waals surface area contributed by atoms with Crippen LogP contribution in [0.1, 0.15) is 18.7 Å². The Morgan fingerprint density at radius 2 is 2.32 bits per heavy atom. The van der Waals surface area contributed by atoms with Crippen LogP contribution in [0.15, 0.2) is 24.3 Å². The molecular formula is C14H18N4O. The molecule has 1 aliphatic rings. The lowest BCUT2D eigenvalue weighted by Crippen LogP contribution is -2.48. The van der Waals surface area contributed by atoms with Gasteiger partial charge in [-0.05, 0) is 25.0 Å².